The molecule has 1 atom stereocenters. The Morgan fingerprint density at radius 1 is 1.57 bits per heavy atom. The maximum Gasteiger partial charge on any atom is 0.141 e. The summed E-state index contributed by atoms with van der Waals surface area (Å²) < 4.78 is 0. The highest BCUT2D eigenvalue weighted by atomic mass is 16.3. The van der Waals surface area contributed by atoms with E-state index in [2.05, 4.69) is 10.6 Å². The van der Waals surface area contributed by atoms with E-state index in [0.717, 1.165) is 0 Å². The summed E-state index contributed by atoms with van der Waals surface area (Å²) in [5, 5.41) is 14.2. The molecule has 7 heavy (non-hydrogen) atoms. The van der Waals surface area contributed by atoms with E-state index in [1.807, 2.05) is 0 Å². The van der Waals surface area contributed by atoms with Crippen LogP contribution in [0.4, 0.5) is 0 Å². The highest BCUT2D eigenvalue weighted by Gasteiger charge is 1.99. The molecule has 0 radical (unpaired) electrons. The van der Waals surface area contributed by atoms with Gasteiger partial charge in [0.2, 0.25) is 0 Å². The fraction of sp³-hybridized carbons (Fsp3) is 0.500. The van der Waals surface area contributed by atoms with Crippen LogP contribution in [0.25, 0.3) is 0 Å². The zero-order valence-corrected chi connectivity index (χ0v) is 3.89. The normalized spacial score (nSPS) is 28.4. The van der Waals surface area contributed by atoms with Gasteiger partial charge in [-0.05, 0) is 0 Å². The molecule has 0 aliphatic carbocycles. The van der Waals surface area contributed by atoms with Crippen molar-refractivity contribution in [3.8, 4) is 0 Å². The van der Waals surface area contributed by atoms with Gasteiger partial charge < -0.3 is 15.7 Å². The molecule has 0 saturated carbocycles. The number of rotatable bonds is 0. The van der Waals surface area contributed by atoms with Crippen LogP contribution in [0, 0.1) is 0 Å². The van der Waals surface area contributed by atoms with Gasteiger partial charge in [0, 0.05) is 12.4 Å². The van der Waals surface area contributed by atoms with E-state index in [9.17, 15) is 0 Å². The first-order chi connectivity index (χ1) is 3.39. The molecule has 3 N–H and O–H groups in total. The molecule has 0 saturated heterocycles. The summed E-state index contributed by atoms with van der Waals surface area (Å²) in [5.74, 6) is 0. The van der Waals surface area contributed by atoms with E-state index < -0.39 is 6.23 Å². The smallest absolute Gasteiger partial charge is 0.141 e. The molecule has 1 aliphatic heterocycles. The minimum absolute atomic E-state index is 0.412. The van der Waals surface area contributed by atoms with Crippen molar-refractivity contribution in [1.29, 1.82) is 0 Å². The van der Waals surface area contributed by atoms with Gasteiger partial charge in [-0.15, -0.1) is 0 Å². The summed E-state index contributed by atoms with van der Waals surface area (Å²) in [7, 11) is 0. The van der Waals surface area contributed by atoms with E-state index in [4.69, 9.17) is 5.11 Å². The molecule has 1 unspecified atom stereocenters. The van der Waals surface area contributed by atoms with Gasteiger partial charge in [0.1, 0.15) is 6.23 Å². The topological polar surface area (TPSA) is 44.3 Å². The van der Waals surface area contributed by atoms with Crippen LogP contribution in [-0.2, 0) is 0 Å². The van der Waals surface area contributed by atoms with Gasteiger partial charge in [-0.3, -0.25) is 0 Å². The molecule has 1 heterocycles. The fourth-order valence-electron chi connectivity index (χ4n) is 0.457. The lowest BCUT2D eigenvalue weighted by atomic mass is 10.5. The lowest BCUT2D eigenvalue weighted by Gasteiger charge is -2.14. The second-order valence-corrected chi connectivity index (χ2v) is 1.42. The van der Waals surface area contributed by atoms with Gasteiger partial charge in [-0.2, -0.15) is 0 Å². The number of nitrogens with one attached hydrogen (secondary N) is 2. The van der Waals surface area contributed by atoms with Gasteiger partial charge in [0.15, 0.2) is 0 Å². The molecular formula is C4H8N2O. The van der Waals surface area contributed by atoms with Crippen molar-refractivity contribution in [1.82, 2.24) is 10.6 Å². The van der Waals surface area contributed by atoms with Gasteiger partial charge >= 0.3 is 0 Å². The minimum atomic E-state index is -0.412. The second kappa shape index (κ2) is 1.84. The summed E-state index contributed by atoms with van der Waals surface area (Å²) in [4.78, 5) is 0. The lowest BCUT2D eigenvalue weighted by molar-refractivity contribution is 0.149. The number of hydrogen-bond acceptors (Lipinski definition) is 3. The molecule has 0 aromatic rings. The average Bonchev–Trinajstić information content (AvgIpc) is 1.69. The van der Waals surface area contributed by atoms with Gasteiger partial charge in [0.25, 0.3) is 0 Å². The van der Waals surface area contributed by atoms with Crippen LogP contribution >= 0.6 is 0 Å². The predicted octanol–water partition coefficient (Wildman–Crippen LogP) is -1.03. The third-order valence-electron chi connectivity index (χ3n) is 0.801. The van der Waals surface area contributed by atoms with Crippen molar-refractivity contribution in [2.24, 2.45) is 0 Å². The first kappa shape index (κ1) is 4.46. The Morgan fingerprint density at radius 3 is 2.71 bits per heavy atom. The molecule has 0 bridgehead atoms. The number of aliphatic hydroxyl groups excluding tert-OH is 1. The van der Waals surface area contributed by atoms with Gasteiger partial charge in [0.05, 0.1) is 6.54 Å². The summed E-state index contributed by atoms with van der Waals surface area (Å²) in [6.07, 6.45) is 3.02. The van der Waals surface area contributed by atoms with Crippen LogP contribution in [0.3, 0.4) is 0 Å². The molecule has 1 rings (SSSR count). The largest absolute Gasteiger partial charge is 0.385 e. The summed E-state index contributed by atoms with van der Waals surface area (Å²) >= 11 is 0. The van der Waals surface area contributed by atoms with Crippen LogP contribution in [0.1, 0.15) is 0 Å². The predicted molar refractivity (Wildman–Crippen MR) is 26.3 cm³/mol. The first-order valence-corrected chi connectivity index (χ1v) is 2.22. The molecule has 0 fully saturated rings. The summed E-state index contributed by atoms with van der Waals surface area (Å²) in [5.41, 5.74) is 0. The zero-order valence-electron chi connectivity index (χ0n) is 3.89. The minimum Gasteiger partial charge on any atom is -0.385 e. The van der Waals surface area contributed by atoms with Crippen molar-refractivity contribution in [2.75, 3.05) is 6.54 Å². The Balaban J connectivity index is 2.32. The van der Waals surface area contributed by atoms with E-state index in [1.165, 1.54) is 0 Å². The van der Waals surface area contributed by atoms with Gasteiger partial charge in [-0.1, -0.05) is 0 Å². The standard InChI is InChI=1S/C4H8N2O/c7-4-3-5-1-2-6-4/h1-2,4-7H,3H2. The Morgan fingerprint density at radius 2 is 2.43 bits per heavy atom. The summed E-state index contributed by atoms with van der Waals surface area (Å²) in [6, 6.07) is 0. The number of aliphatic hydroxyl groups is 1. The van der Waals surface area contributed by atoms with E-state index in [-0.39, 0.29) is 0 Å². The van der Waals surface area contributed by atoms with Crippen LogP contribution in [0.5, 0.6) is 0 Å². The van der Waals surface area contributed by atoms with Crippen LogP contribution in [0.2, 0.25) is 0 Å². The van der Waals surface area contributed by atoms with E-state index >= 15 is 0 Å². The molecule has 0 aromatic heterocycles. The fourth-order valence-corrected chi connectivity index (χ4v) is 0.457. The van der Waals surface area contributed by atoms with Crippen LogP contribution in [-0.4, -0.2) is 17.9 Å². The van der Waals surface area contributed by atoms with Gasteiger partial charge in [-0.25, -0.2) is 0 Å². The lowest BCUT2D eigenvalue weighted by Crippen LogP contribution is -2.37. The Kier molecular flexibility index (Phi) is 1.17. The van der Waals surface area contributed by atoms with Crippen molar-refractivity contribution in [3.05, 3.63) is 12.4 Å². The Hall–Kier alpha value is -0.700. The molecule has 0 amide bonds. The van der Waals surface area contributed by atoms with E-state index in [1.54, 1.807) is 12.4 Å². The highest BCUT2D eigenvalue weighted by Crippen LogP contribution is 1.78. The monoisotopic (exact) mass is 100 g/mol. The number of hydrogen-bond donors (Lipinski definition) is 3. The average molecular weight is 100 g/mol. The molecular weight excluding hydrogens is 92.1 g/mol. The number of β-amino-alcohol motifs (C(OH)–C–C–N with tert-alkyl or cyclic N) is 1. The first-order valence-electron chi connectivity index (χ1n) is 2.22. The zero-order chi connectivity index (χ0) is 5.11. The second-order valence-electron chi connectivity index (χ2n) is 1.42. The molecule has 1 aliphatic rings. The Bertz CT molecular complexity index is 81.8. The Labute approximate surface area is 42.0 Å². The third-order valence-corrected chi connectivity index (χ3v) is 0.801. The molecule has 3 nitrogen and oxygen atoms in total. The molecule has 3 heteroatoms. The molecule has 40 valence electrons. The maximum absolute atomic E-state index is 8.68. The molecule has 0 aromatic carbocycles. The van der Waals surface area contributed by atoms with Crippen molar-refractivity contribution < 1.29 is 5.11 Å². The maximum atomic E-state index is 8.68. The van der Waals surface area contributed by atoms with Crippen molar-refractivity contribution >= 4 is 0 Å². The SMILES string of the molecule is OC1CNC=CN1. The van der Waals surface area contributed by atoms with Crippen LogP contribution in [0.15, 0.2) is 12.4 Å². The molecule has 0 spiro atoms. The van der Waals surface area contributed by atoms with Crippen LogP contribution < -0.4 is 10.6 Å². The highest BCUT2D eigenvalue weighted by molar-refractivity contribution is 4.84. The summed E-state index contributed by atoms with van der Waals surface area (Å²) in [6.45, 7) is 0.594. The van der Waals surface area contributed by atoms with Crippen molar-refractivity contribution in [2.45, 2.75) is 6.23 Å². The quantitative estimate of drug-likeness (QED) is 0.364. The van der Waals surface area contributed by atoms with E-state index in [0.29, 0.717) is 6.54 Å². The third kappa shape index (κ3) is 1.08. The van der Waals surface area contributed by atoms with Crippen molar-refractivity contribution in [3.63, 3.8) is 0 Å².